The molecule has 0 bridgehead atoms. The van der Waals surface area contributed by atoms with E-state index in [1.54, 1.807) is 45.0 Å². The van der Waals surface area contributed by atoms with Crippen molar-refractivity contribution in [2.24, 2.45) is 0 Å². The van der Waals surface area contributed by atoms with Crippen molar-refractivity contribution in [1.82, 2.24) is 14.7 Å². The van der Waals surface area contributed by atoms with Gasteiger partial charge in [-0.25, -0.2) is 18.3 Å². The standard InChI is InChI=1S/C23H23F2N3O3/c1-4-27(13-17-6-5-7-19(25)12-17)21(29)14-31-23(30)22-15(2)26-28(16(22)3)20-10-8-18(24)9-11-20/h5-12H,4,13-14H2,1-3H3. The summed E-state index contributed by atoms with van der Waals surface area (Å²) >= 11 is 0. The number of aromatic nitrogens is 2. The third-order valence-corrected chi connectivity index (χ3v) is 4.89. The number of halogens is 2. The van der Waals surface area contributed by atoms with Gasteiger partial charge in [0.1, 0.15) is 17.2 Å². The van der Waals surface area contributed by atoms with Gasteiger partial charge >= 0.3 is 5.97 Å². The second kappa shape index (κ2) is 9.51. The van der Waals surface area contributed by atoms with E-state index in [1.165, 1.54) is 33.8 Å². The van der Waals surface area contributed by atoms with Crippen LogP contribution in [0.2, 0.25) is 0 Å². The summed E-state index contributed by atoms with van der Waals surface area (Å²) in [5.74, 6) is -1.81. The summed E-state index contributed by atoms with van der Waals surface area (Å²) in [4.78, 5) is 26.6. The van der Waals surface area contributed by atoms with E-state index in [0.29, 0.717) is 29.2 Å². The Morgan fingerprint density at radius 1 is 1.06 bits per heavy atom. The molecule has 0 radical (unpaired) electrons. The van der Waals surface area contributed by atoms with Gasteiger partial charge in [-0.2, -0.15) is 5.10 Å². The fourth-order valence-electron chi connectivity index (χ4n) is 3.29. The van der Waals surface area contributed by atoms with E-state index >= 15 is 0 Å². The fourth-order valence-corrected chi connectivity index (χ4v) is 3.29. The molecule has 1 amide bonds. The van der Waals surface area contributed by atoms with Crippen molar-refractivity contribution < 1.29 is 23.1 Å². The molecule has 3 rings (SSSR count). The van der Waals surface area contributed by atoms with Gasteiger partial charge in [0.05, 0.1) is 17.1 Å². The van der Waals surface area contributed by atoms with E-state index in [1.807, 2.05) is 0 Å². The highest BCUT2D eigenvalue weighted by atomic mass is 19.1. The maximum atomic E-state index is 13.4. The Hall–Kier alpha value is -3.55. The number of rotatable bonds is 7. The number of esters is 1. The number of hydrogen-bond acceptors (Lipinski definition) is 4. The molecule has 0 saturated heterocycles. The Balaban J connectivity index is 1.68. The van der Waals surface area contributed by atoms with E-state index in [9.17, 15) is 18.4 Å². The van der Waals surface area contributed by atoms with E-state index in [0.717, 1.165) is 0 Å². The Kier molecular flexibility index (Phi) is 6.79. The minimum Gasteiger partial charge on any atom is -0.452 e. The van der Waals surface area contributed by atoms with Crippen molar-refractivity contribution in [2.45, 2.75) is 27.3 Å². The minimum absolute atomic E-state index is 0.213. The van der Waals surface area contributed by atoms with E-state index in [4.69, 9.17) is 4.74 Å². The van der Waals surface area contributed by atoms with Gasteiger partial charge in [-0.05, 0) is 62.7 Å². The molecule has 0 aliphatic rings. The molecule has 6 nitrogen and oxygen atoms in total. The summed E-state index contributed by atoms with van der Waals surface area (Å²) in [5.41, 5.74) is 2.46. The highest BCUT2D eigenvalue weighted by Gasteiger charge is 2.23. The predicted molar refractivity (Wildman–Crippen MR) is 111 cm³/mol. The first kappa shape index (κ1) is 22.1. The first-order valence-corrected chi connectivity index (χ1v) is 9.81. The summed E-state index contributed by atoms with van der Waals surface area (Å²) in [6.07, 6.45) is 0. The van der Waals surface area contributed by atoms with Crippen LogP contribution < -0.4 is 0 Å². The first-order chi connectivity index (χ1) is 14.8. The average molecular weight is 427 g/mol. The third-order valence-electron chi connectivity index (χ3n) is 4.89. The summed E-state index contributed by atoms with van der Waals surface area (Å²) in [6.45, 7) is 5.30. The molecule has 31 heavy (non-hydrogen) atoms. The lowest BCUT2D eigenvalue weighted by atomic mass is 10.2. The van der Waals surface area contributed by atoms with Gasteiger partial charge in [-0.3, -0.25) is 4.79 Å². The molecule has 1 heterocycles. The minimum atomic E-state index is -0.668. The lowest BCUT2D eigenvalue weighted by Crippen LogP contribution is -2.34. The summed E-state index contributed by atoms with van der Waals surface area (Å²) in [7, 11) is 0. The summed E-state index contributed by atoms with van der Waals surface area (Å²) in [5, 5.41) is 4.34. The molecule has 0 unspecified atom stereocenters. The van der Waals surface area contributed by atoms with Crippen LogP contribution in [0.3, 0.4) is 0 Å². The highest BCUT2D eigenvalue weighted by Crippen LogP contribution is 2.19. The van der Waals surface area contributed by atoms with Crippen LogP contribution in [0, 0.1) is 25.5 Å². The quantitative estimate of drug-likeness (QED) is 0.535. The molecule has 0 fully saturated rings. The number of aryl methyl sites for hydroxylation is 1. The lowest BCUT2D eigenvalue weighted by Gasteiger charge is -2.21. The van der Waals surface area contributed by atoms with Crippen LogP contribution >= 0.6 is 0 Å². The molecule has 0 aliphatic carbocycles. The van der Waals surface area contributed by atoms with Crippen LogP contribution in [0.15, 0.2) is 48.5 Å². The molecule has 162 valence electrons. The molecular weight excluding hydrogens is 404 g/mol. The predicted octanol–water partition coefficient (Wildman–Crippen LogP) is 3.97. The molecule has 2 aromatic carbocycles. The number of benzene rings is 2. The van der Waals surface area contributed by atoms with Gasteiger partial charge in [0.25, 0.3) is 5.91 Å². The smallest absolute Gasteiger partial charge is 0.342 e. The van der Waals surface area contributed by atoms with Gasteiger partial charge in [0.2, 0.25) is 0 Å². The maximum Gasteiger partial charge on any atom is 0.342 e. The Bertz CT molecular complexity index is 1090. The van der Waals surface area contributed by atoms with Crippen LogP contribution in [0.4, 0.5) is 8.78 Å². The van der Waals surface area contributed by atoms with Crippen LogP contribution in [-0.2, 0) is 16.1 Å². The molecule has 1 aromatic heterocycles. The maximum absolute atomic E-state index is 13.4. The summed E-state index contributed by atoms with van der Waals surface area (Å²) < 4.78 is 33.3. The zero-order chi connectivity index (χ0) is 22.5. The SMILES string of the molecule is CCN(Cc1cccc(F)c1)C(=O)COC(=O)c1c(C)nn(-c2ccc(F)cc2)c1C. The summed E-state index contributed by atoms with van der Waals surface area (Å²) in [6, 6.07) is 11.7. The number of likely N-dealkylation sites (N-methyl/N-ethyl adjacent to an activating group) is 1. The van der Waals surface area contributed by atoms with Crippen molar-refractivity contribution in [3.63, 3.8) is 0 Å². The Morgan fingerprint density at radius 3 is 2.42 bits per heavy atom. The van der Waals surface area contributed by atoms with Crippen molar-refractivity contribution >= 4 is 11.9 Å². The van der Waals surface area contributed by atoms with Crippen LogP contribution in [-0.4, -0.2) is 39.7 Å². The average Bonchev–Trinajstić information content (AvgIpc) is 3.04. The molecule has 0 N–H and O–H groups in total. The topological polar surface area (TPSA) is 64.4 Å². The molecule has 0 spiro atoms. The number of carbonyl (C=O) groups excluding carboxylic acids is 2. The van der Waals surface area contributed by atoms with Gasteiger partial charge in [-0.15, -0.1) is 0 Å². The van der Waals surface area contributed by atoms with Gasteiger partial charge in [0.15, 0.2) is 6.61 Å². The van der Waals surface area contributed by atoms with Crippen molar-refractivity contribution in [3.05, 3.63) is 82.7 Å². The number of hydrogen-bond donors (Lipinski definition) is 0. The Morgan fingerprint density at radius 2 is 1.77 bits per heavy atom. The largest absolute Gasteiger partial charge is 0.452 e. The van der Waals surface area contributed by atoms with Gasteiger partial charge < -0.3 is 9.64 Å². The van der Waals surface area contributed by atoms with E-state index < -0.39 is 12.6 Å². The second-order valence-corrected chi connectivity index (χ2v) is 7.05. The molecule has 0 atom stereocenters. The van der Waals surface area contributed by atoms with Gasteiger partial charge in [-0.1, -0.05) is 12.1 Å². The van der Waals surface area contributed by atoms with Crippen molar-refractivity contribution in [1.29, 1.82) is 0 Å². The Labute approximate surface area is 179 Å². The van der Waals surface area contributed by atoms with Crippen LogP contribution in [0.25, 0.3) is 5.69 Å². The molecule has 8 heteroatoms. The number of carbonyl (C=O) groups is 2. The molecule has 0 aliphatic heterocycles. The van der Waals surface area contributed by atoms with Crippen LogP contribution in [0.5, 0.6) is 0 Å². The monoisotopic (exact) mass is 427 g/mol. The number of nitrogens with zero attached hydrogens (tertiary/aromatic N) is 3. The second-order valence-electron chi connectivity index (χ2n) is 7.05. The highest BCUT2D eigenvalue weighted by molar-refractivity contribution is 5.93. The van der Waals surface area contributed by atoms with Crippen molar-refractivity contribution in [3.8, 4) is 5.69 Å². The zero-order valence-electron chi connectivity index (χ0n) is 17.6. The van der Waals surface area contributed by atoms with Crippen molar-refractivity contribution in [2.75, 3.05) is 13.2 Å². The third kappa shape index (κ3) is 5.14. The first-order valence-electron chi connectivity index (χ1n) is 9.81. The molecule has 0 saturated carbocycles. The number of amides is 1. The fraction of sp³-hybridized carbons (Fsp3) is 0.261. The zero-order valence-corrected chi connectivity index (χ0v) is 17.6. The normalized spacial score (nSPS) is 10.7. The van der Waals surface area contributed by atoms with E-state index in [-0.39, 0.29) is 29.6 Å². The molecular formula is C23H23F2N3O3. The van der Waals surface area contributed by atoms with Crippen LogP contribution in [0.1, 0.15) is 34.2 Å². The lowest BCUT2D eigenvalue weighted by molar-refractivity contribution is -0.134. The van der Waals surface area contributed by atoms with E-state index in [2.05, 4.69) is 5.10 Å². The van der Waals surface area contributed by atoms with Gasteiger partial charge in [0, 0.05) is 13.1 Å². The molecule has 3 aromatic rings. The number of ether oxygens (including phenoxy) is 1.